The molecule has 0 aliphatic rings. The fourth-order valence-corrected chi connectivity index (χ4v) is 4.49. The Morgan fingerprint density at radius 2 is 0.861 bits per heavy atom. The molecule has 0 aromatic carbocycles. The van der Waals surface area contributed by atoms with Gasteiger partial charge in [0.1, 0.15) is 6.61 Å². The maximum Gasteiger partial charge on any atom is 0.306 e. The van der Waals surface area contributed by atoms with Crippen molar-refractivity contribution in [3.63, 3.8) is 0 Å². The Kier molecular flexibility index (Phi) is 27.6. The minimum atomic E-state index is -0.758. The smallest absolute Gasteiger partial charge is 0.306 e. The first-order valence-corrected chi connectivity index (χ1v) is 15.6. The standard InChI is InChI=1S/C31H60O5/c1-3-5-7-9-11-12-13-14-15-16-17-18-20-22-24-26-31(34)36-29(27-32)28-35-30(33)25-23-21-19-10-8-6-4-2/h29,32H,3-28H2,1-2H3. The maximum atomic E-state index is 12.0. The Morgan fingerprint density at radius 1 is 0.528 bits per heavy atom. The van der Waals surface area contributed by atoms with Crippen LogP contribution in [0.4, 0.5) is 0 Å². The summed E-state index contributed by atoms with van der Waals surface area (Å²) in [7, 11) is 0. The van der Waals surface area contributed by atoms with E-state index in [1.54, 1.807) is 0 Å². The molecule has 0 heterocycles. The number of ether oxygens (including phenoxy) is 2. The van der Waals surface area contributed by atoms with Crippen molar-refractivity contribution in [1.82, 2.24) is 0 Å². The molecule has 214 valence electrons. The van der Waals surface area contributed by atoms with Gasteiger partial charge >= 0.3 is 11.9 Å². The van der Waals surface area contributed by atoms with Crippen LogP contribution in [-0.4, -0.2) is 36.4 Å². The van der Waals surface area contributed by atoms with E-state index in [9.17, 15) is 14.7 Å². The molecular weight excluding hydrogens is 452 g/mol. The van der Waals surface area contributed by atoms with Crippen molar-refractivity contribution in [2.75, 3.05) is 13.2 Å². The van der Waals surface area contributed by atoms with E-state index in [0.29, 0.717) is 12.8 Å². The van der Waals surface area contributed by atoms with Crippen LogP contribution < -0.4 is 0 Å². The summed E-state index contributed by atoms with van der Waals surface area (Å²) in [6.45, 7) is 4.09. The average molecular weight is 513 g/mol. The zero-order valence-electron chi connectivity index (χ0n) is 24.0. The number of aliphatic hydroxyl groups is 1. The van der Waals surface area contributed by atoms with E-state index in [0.717, 1.165) is 38.5 Å². The number of esters is 2. The Hall–Kier alpha value is -1.10. The Bertz CT molecular complexity index is 480. The highest BCUT2D eigenvalue weighted by Crippen LogP contribution is 2.14. The zero-order valence-corrected chi connectivity index (χ0v) is 24.0. The maximum absolute atomic E-state index is 12.0. The van der Waals surface area contributed by atoms with Crippen LogP contribution in [0.1, 0.15) is 168 Å². The highest BCUT2D eigenvalue weighted by atomic mass is 16.6. The summed E-state index contributed by atoms with van der Waals surface area (Å²) in [5, 5.41) is 9.44. The Morgan fingerprint density at radius 3 is 1.22 bits per heavy atom. The predicted octanol–water partition coefficient (Wildman–Crippen LogP) is 8.84. The first-order valence-electron chi connectivity index (χ1n) is 15.6. The normalized spacial score (nSPS) is 12.0. The Balaban J connectivity index is 3.52. The van der Waals surface area contributed by atoms with Gasteiger partial charge in [-0.05, 0) is 12.8 Å². The molecule has 0 spiro atoms. The second-order valence-electron chi connectivity index (χ2n) is 10.5. The summed E-state index contributed by atoms with van der Waals surface area (Å²) in [5.74, 6) is -0.590. The quantitative estimate of drug-likeness (QED) is 0.0837. The molecule has 1 N–H and O–H groups in total. The minimum Gasteiger partial charge on any atom is -0.462 e. The molecule has 0 aliphatic carbocycles. The van der Waals surface area contributed by atoms with E-state index in [1.807, 2.05) is 0 Å². The second-order valence-corrected chi connectivity index (χ2v) is 10.5. The molecule has 0 saturated carbocycles. The third kappa shape index (κ3) is 26.0. The van der Waals surface area contributed by atoms with Crippen LogP contribution in [0.25, 0.3) is 0 Å². The lowest BCUT2D eigenvalue weighted by atomic mass is 10.0. The minimum absolute atomic E-state index is 0.0591. The fraction of sp³-hybridized carbons (Fsp3) is 0.935. The topological polar surface area (TPSA) is 72.8 Å². The lowest BCUT2D eigenvalue weighted by Crippen LogP contribution is -2.28. The van der Waals surface area contributed by atoms with E-state index >= 15 is 0 Å². The summed E-state index contributed by atoms with van der Waals surface area (Å²) < 4.78 is 10.5. The van der Waals surface area contributed by atoms with Gasteiger partial charge in [0.2, 0.25) is 0 Å². The summed E-state index contributed by atoms with van der Waals surface area (Å²) >= 11 is 0. The molecule has 0 rings (SSSR count). The van der Waals surface area contributed by atoms with E-state index in [4.69, 9.17) is 9.47 Å². The third-order valence-corrected chi connectivity index (χ3v) is 6.90. The number of unbranched alkanes of at least 4 members (excludes halogenated alkanes) is 20. The molecule has 0 saturated heterocycles. The molecule has 0 fully saturated rings. The summed E-state index contributed by atoms with van der Waals surface area (Å²) in [6, 6.07) is 0. The van der Waals surface area contributed by atoms with Gasteiger partial charge in [0.05, 0.1) is 6.61 Å². The van der Waals surface area contributed by atoms with Crippen molar-refractivity contribution in [3.8, 4) is 0 Å². The molecule has 0 amide bonds. The number of aliphatic hydroxyl groups excluding tert-OH is 1. The van der Waals surface area contributed by atoms with Gasteiger partial charge in [-0.1, -0.05) is 142 Å². The van der Waals surface area contributed by atoms with Gasteiger partial charge < -0.3 is 14.6 Å². The van der Waals surface area contributed by atoms with Crippen molar-refractivity contribution in [2.45, 2.75) is 174 Å². The molecular formula is C31H60O5. The molecule has 1 unspecified atom stereocenters. The van der Waals surface area contributed by atoms with Crippen LogP contribution in [0, 0.1) is 0 Å². The fourth-order valence-electron chi connectivity index (χ4n) is 4.49. The van der Waals surface area contributed by atoms with Crippen molar-refractivity contribution in [3.05, 3.63) is 0 Å². The highest BCUT2D eigenvalue weighted by Gasteiger charge is 2.16. The van der Waals surface area contributed by atoms with Gasteiger partial charge in [-0.3, -0.25) is 9.59 Å². The molecule has 0 aliphatic heterocycles. The van der Waals surface area contributed by atoms with E-state index in [-0.39, 0.29) is 25.2 Å². The Labute approximate surface area is 223 Å². The highest BCUT2D eigenvalue weighted by molar-refractivity contribution is 5.70. The number of hydrogen-bond donors (Lipinski definition) is 1. The molecule has 36 heavy (non-hydrogen) atoms. The zero-order chi connectivity index (χ0) is 26.5. The van der Waals surface area contributed by atoms with Crippen LogP contribution in [0.2, 0.25) is 0 Å². The molecule has 0 radical (unpaired) electrons. The average Bonchev–Trinajstić information content (AvgIpc) is 2.88. The van der Waals surface area contributed by atoms with Gasteiger partial charge in [-0.25, -0.2) is 0 Å². The van der Waals surface area contributed by atoms with Crippen LogP contribution in [0.3, 0.4) is 0 Å². The molecule has 5 nitrogen and oxygen atoms in total. The van der Waals surface area contributed by atoms with Gasteiger partial charge in [0.15, 0.2) is 6.10 Å². The summed E-state index contributed by atoms with van der Waals surface area (Å²) in [5.41, 5.74) is 0. The van der Waals surface area contributed by atoms with Gasteiger partial charge in [0.25, 0.3) is 0 Å². The van der Waals surface area contributed by atoms with Crippen LogP contribution in [0.15, 0.2) is 0 Å². The predicted molar refractivity (Wildman–Crippen MR) is 150 cm³/mol. The molecule has 0 aromatic rings. The van der Waals surface area contributed by atoms with Crippen LogP contribution >= 0.6 is 0 Å². The number of carbonyl (C=O) groups excluding carboxylic acids is 2. The number of rotatable bonds is 28. The van der Waals surface area contributed by atoms with Crippen LogP contribution in [-0.2, 0) is 19.1 Å². The van der Waals surface area contributed by atoms with Gasteiger partial charge in [-0.15, -0.1) is 0 Å². The SMILES string of the molecule is CCCCCCCCCCCCCCCCCC(=O)OC(CO)COC(=O)CCCCCCCCC. The van der Waals surface area contributed by atoms with E-state index < -0.39 is 6.10 Å². The van der Waals surface area contributed by atoms with Crippen molar-refractivity contribution in [2.24, 2.45) is 0 Å². The molecule has 1 atom stereocenters. The van der Waals surface area contributed by atoms with Crippen molar-refractivity contribution in [1.29, 1.82) is 0 Å². The second kappa shape index (κ2) is 28.5. The molecule has 5 heteroatoms. The number of carbonyl (C=O) groups is 2. The van der Waals surface area contributed by atoms with Crippen LogP contribution in [0.5, 0.6) is 0 Å². The molecule has 0 aromatic heterocycles. The number of hydrogen-bond acceptors (Lipinski definition) is 5. The van der Waals surface area contributed by atoms with Gasteiger partial charge in [-0.2, -0.15) is 0 Å². The molecule has 0 bridgehead atoms. The van der Waals surface area contributed by atoms with E-state index in [2.05, 4.69) is 13.8 Å². The monoisotopic (exact) mass is 512 g/mol. The summed E-state index contributed by atoms with van der Waals surface area (Å²) in [4.78, 5) is 23.9. The van der Waals surface area contributed by atoms with E-state index in [1.165, 1.54) is 103 Å². The first-order chi connectivity index (χ1) is 17.6. The largest absolute Gasteiger partial charge is 0.462 e. The third-order valence-electron chi connectivity index (χ3n) is 6.90. The van der Waals surface area contributed by atoms with Crippen molar-refractivity contribution < 1.29 is 24.2 Å². The van der Waals surface area contributed by atoms with Gasteiger partial charge in [0, 0.05) is 12.8 Å². The van der Waals surface area contributed by atoms with Crippen molar-refractivity contribution >= 4 is 11.9 Å². The summed E-state index contributed by atoms with van der Waals surface area (Å²) in [6.07, 6.45) is 27.3. The lowest BCUT2D eigenvalue weighted by Gasteiger charge is -2.15. The lowest BCUT2D eigenvalue weighted by molar-refractivity contribution is -0.161. The first kappa shape index (κ1) is 34.9.